The summed E-state index contributed by atoms with van der Waals surface area (Å²) in [7, 11) is 0. The van der Waals surface area contributed by atoms with E-state index in [1.807, 2.05) is 6.07 Å². The molecule has 0 aliphatic heterocycles. The lowest BCUT2D eigenvalue weighted by Gasteiger charge is -2.30. The number of hydrogen-bond donors (Lipinski definition) is 1. The van der Waals surface area contributed by atoms with E-state index in [2.05, 4.69) is 19.2 Å². The fourth-order valence-electron chi connectivity index (χ4n) is 3.40. The maximum Gasteiger partial charge on any atom is 0.412 e. The molecule has 132 valence electrons. The number of amides is 1. The quantitative estimate of drug-likeness (QED) is 0.892. The summed E-state index contributed by atoms with van der Waals surface area (Å²) in [6.07, 6.45) is 4.80. The van der Waals surface area contributed by atoms with Crippen molar-refractivity contribution in [3.8, 4) is 5.75 Å². The normalized spacial score (nSPS) is 18.6. The zero-order valence-electron chi connectivity index (χ0n) is 14.7. The van der Waals surface area contributed by atoms with Gasteiger partial charge in [-0.05, 0) is 61.6 Å². The van der Waals surface area contributed by atoms with E-state index in [4.69, 9.17) is 4.74 Å². The van der Waals surface area contributed by atoms with Crippen LogP contribution in [0, 0.1) is 11.3 Å². The molecule has 1 heterocycles. The molecule has 1 fully saturated rings. The van der Waals surface area contributed by atoms with Gasteiger partial charge in [0.2, 0.25) is 0 Å². The van der Waals surface area contributed by atoms with Crippen molar-refractivity contribution in [1.82, 2.24) is 5.32 Å². The molecule has 2 aliphatic rings. The van der Waals surface area contributed by atoms with Gasteiger partial charge in [0, 0.05) is 27.1 Å². The lowest BCUT2D eigenvalue weighted by molar-refractivity contribution is 0.200. The highest BCUT2D eigenvalue weighted by molar-refractivity contribution is 7.18. The summed E-state index contributed by atoms with van der Waals surface area (Å²) in [5, 5.41) is 3.52. The highest BCUT2D eigenvalue weighted by Crippen LogP contribution is 2.37. The van der Waals surface area contributed by atoms with E-state index in [1.54, 1.807) is 23.5 Å². The van der Waals surface area contributed by atoms with Gasteiger partial charge in [0.1, 0.15) is 5.75 Å². The number of rotatable bonds is 3. The standard InChI is InChI=1S/C20H23NO3S/c1-20(2)8-7-15-17(10-20)25-16-9-13(5-6-14(16)18(15)22)24-19(23)21-11-12-3-4-12/h5-6,9,12H,3-4,7-8,10-11H2,1-2H3,(H,21,23). The van der Waals surface area contributed by atoms with Gasteiger partial charge in [0.05, 0.1) is 0 Å². The van der Waals surface area contributed by atoms with E-state index >= 15 is 0 Å². The summed E-state index contributed by atoms with van der Waals surface area (Å²) in [6, 6.07) is 5.32. The van der Waals surface area contributed by atoms with Gasteiger partial charge in [-0.3, -0.25) is 4.79 Å². The first-order valence-corrected chi connectivity index (χ1v) is 9.77. The van der Waals surface area contributed by atoms with Crippen molar-refractivity contribution in [1.29, 1.82) is 0 Å². The third-order valence-corrected chi connectivity index (χ3v) is 6.37. The van der Waals surface area contributed by atoms with E-state index in [-0.39, 0.29) is 10.8 Å². The van der Waals surface area contributed by atoms with Crippen molar-refractivity contribution in [3.05, 3.63) is 38.9 Å². The van der Waals surface area contributed by atoms with Crippen molar-refractivity contribution in [3.63, 3.8) is 0 Å². The van der Waals surface area contributed by atoms with Crippen LogP contribution in [-0.4, -0.2) is 12.6 Å². The summed E-state index contributed by atoms with van der Waals surface area (Å²) in [4.78, 5) is 25.8. The third-order valence-electron chi connectivity index (χ3n) is 5.17. The van der Waals surface area contributed by atoms with Crippen LogP contribution in [0.2, 0.25) is 0 Å². The summed E-state index contributed by atoms with van der Waals surface area (Å²) >= 11 is 1.66. The molecule has 5 heteroatoms. The molecule has 0 unspecified atom stereocenters. The van der Waals surface area contributed by atoms with Crippen LogP contribution in [-0.2, 0) is 12.8 Å². The summed E-state index contributed by atoms with van der Waals surface area (Å²) in [6.45, 7) is 5.19. The number of ether oxygens (including phenoxy) is 1. The molecule has 2 aromatic rings. The molecule has 0 bridgehead atoms. The second-order valence-corrected chi connectivity index (χ2v) is 9.18. The minimum absolute atomic E-state index is 0.143. The first-order valence-electron chi connectivity index (χ1n) is 8.96. The number of hydrogen-bond acceptors (Lipinski definition) is 4. The molecule has 0 atom stereocenters. The molecular formula is C20H23NO3S. The predicted octanol–water partition coefficient (Wildman–Crippen LogP) is 4.27. The van der Waals surface area contributed by atoms with Gasteiger partial charge in [0.25, 0.3) is 0 Å². The fourth-order valence-corrected chi connectivity index (χ4v) is 4.89. The zero-order valence-corrected chi connectivity index (χ0v) is 15.5. The third kappa shape index (κ3) is 3.56. The molecule has 4 nitrogen and oxygen atoms in total. The lowest BCUT2D eigenvalue weighted by atomic mass is 9.77. The number of nitrogens with one attached hydrogen (secondary N) is 1. The molecule has 4 rings (SSSR count). The highest BCUT2D eigenvalue weighted by Gasteiger charge is 2.28. The Kier molecular flexibility index (Phi) is 4.07. The van der Waals surface area contributed by atoms with Crippen LogP contribution >= 0.6 is 11.3 Å². The van der Waals surface area contributed by atoms with Crippen LogP contribution in [0.3, 0.4) is 0 Å². The fraction of sp³-hybridized carbons (Fsp3) is 0.500. The molecule has 1 aromatic carbocycles. The van der Waals surface area contributed by atoms with Crippen LogP contribution in [0.1, 0.15) is 43.6 Å². The first-order chi connectivity index (χ1) is 11.9. The minimum atomic E-state index is -0.419. The van der Waals surface area contributed by atoms with Crippen molar-refractivity contribution in [2.45, 2.75) is 46.0 Å². The highest BCUT2D eigenvalue weighted by atomic mass is 32.1. The van der Waals surface area contributed by atoms with Gasteiger partial charge in [-0.1, -0.05) is 13.8 Å². The van der Waals surface area contributed by atoms with Gasteiger partial charge in [-0.15, -0.1) is 11.3 Å². The summed E-state index contributed by atoms with van der Waals surface area (Å²) < 4.78 is 6.28. The Morgan fingerprint density at radius 1 is 1.36 bits per heavy atom. The van der Waals surface area contributed by atoms with Crippen molar-refractivity contribution in [2.75, 3.05) is 6.54 Å². The number of fused-ring (bicyclic) bond motifs is 2. The average Bonchev–Trinajstić information content (AvgIpc) is 3.36. The molecule has 1 amide bonds. The van der Waals surface area contributed by atoms with E-state index in [9.17, 15) is 9.59 Å². The Bertz CT molecular complexity index is 896. The first kappa shape index (κ1) is 16.6. The van der Waals surface area contributed by atoms with Gasteiger partial charge in [-0.25, -0.2) is 4.79 Å². The molecule has 2 aliphatic carbocycles. The Morgan fingerprint density at radius 2 is 2.16 bits per heavy atom. The maximum atomic E-state index is 12.8. The SMILES string of the molecule is CC1(C)CCc2c(sc3cc(OC(=O)NCC4CC4)ccc3c2=O)C1. The Morgan fingerprint density at radius 3 is 2.92 bits per heavy atom. The van der Waals surface area contributed by atoms with Crippen molar-refractivity contribution < 1.29 is 9.53 Å². The second kappa shape index (κ2) is 6.13. The van der Waals surface area contributed by atoms with Crippen LogP contribution in [0.25, 0.3) is 10.1 Å². The van der Waals surface area contributed by atoms with E-state index in [1.165, 1.54) is 17.7 Å². The molecule has 0 saturated heterocycles. The number of benzene rings is 1. The predicted molar refractivity (Wildman–Crippen MR) is 101 cm³/mol. The number of carbonyl (C=O) groups excluding carboxylic acids is 1. The smallest absolute Gasteiger partial charge is 0.410 e. The number of carbonyl (C=O) groups is 1. The van der Waals surface area contributed by atoms with E-state index < -0.39 is 6.09 Å². The van der Waals surface area contributed by atoms with Crippen LogP contribution < -0.4 is 15.5 Å². The molecule has 25 heavy (non-hydrogen) atoms. The Hall–Kier alpha value is -1.88. The Balaban J connectivity index is 1.61. The largest absolute Gasteiger partial charge is 0.412 e. The monoisotopic (exact) mass is 357 g/mol. The molecule has 1 N–H and O–H groups in total. The molecule has 1 aromatic heterocycles. The van der Waals surface area contributed by atoms with E-state index in [0.29, 0.717) is 18.2 Å². The molecule has 0 radical (unpaired) electrons. The zero-order chi connectivity index (χ0) is 17.6. The van der Waals surface area contributed by atoms with Gasteiger partial charge < -0.3 is 10.1 Å². The van der Waals surface area contributed by atoms with Crippen LogP contribution in [0.15, 0.2) is 23.0 Å². The Labute approximate surface area is 151 Å². The second-order valence-electron chi connectivity index (χ2n) is 8.05. The van der Waals surface area contributed by atoms with E-state index in [0.717, 1.165) is 34.9 Å². The summed E-state index contributed by atoms with van der Waals surface area (Å²) in [5.74, 6) is 1.11. The molecule has 1 saturated carbocycles. The van der Waals surface area contributed by atoms with Gasteiger partial charge in [0.15, 0.2) is 5.43 Å². The summed E-state index contributed by atoms with van der Waals surface area (Å²) in [5.41, 5.74) is 1.36. The molecule has 0 spiro atoms. The van der Waals surface area contributed by atoms with Crippen molar-refractivity contribution >= 4 is 27.5 Å². The van der Waals surface area contributed by atoms with Gasteiger partial charge in [-0.2, -0.15) is 0 Å². The van der Waals surface area contributed by atoms with Crippen molar-refractivity contribution in [2.24, 2.45) is 11.3 Å². The minimum Gasteiger partial charge on any atom is -0.410 e. The average molecular weight is 357 g/mol. The molecular weight excluding hydrogens is 334 g/mol. The van der Waals surface area contributed by atoms with Gasteiger partial charge >= 0.3 is 6.09 Å². The lowest BCUT2D eigenvalue weighted by Crippen LogP contribution is -2.28. The maximum absolute atomic E-state index is 12.8. The topological polar surface area (TPSA) is 55.4 Å². The van der Waals surface area contributed by atoms with Crippen LogP contribution in [0.5, 0.6) is 5.75 Å². The van der Waals surface area contributed by atoms with Crippen LogP contribution in [0.4, 0.5) is 4.79 Å².